The smallest absolute Gasteiger partial charge is 0.216 e. The van der Waals surface area contributed by atoms with Gasteiger partial charge in [0.1, 0.15) is 0 Å². The zero-order valence-corrected chi connectivity index (χ0v) is 10.1. The SMILES string of the molecule is CCCCCCc1ccccc1C(=O)S. The van der Waals surface area contributed by atoms with E-state index >= 15 is 0 Å². The summed E-state index contributed by atoms with van der Waals surface area (Å²) < 4.78 is 0. The van der Waals surface area contributed by atoms with Gasteiger partial charge in [-0.3, -0.25) is 4.79 Å². The van der Waals surface area contributed by atoms with Crippen LogP contribution in [0.2, 0.25) is 0 Å². The van der Waals surface area contributed by atoms with E-state index in [1.54, 1.807) is 0 Å². The maximum absolute atomic E-state index is 11.2. The molecular formula is C13H18OS. The molecule has 0 aliphatic rings. The lowest BCUT2D eigenvalue weighted by molar-refractivity contribution is 0.109. The number of rotatable bonds is 6. The Morgan fingerprint density at radius 3 is 2.60 bits per heavy atom. The van der Waals surface area contributed by atoms with E-state index in [4.69, 9.17) is 0 Å². The number of carbonyl (C=O) groups is 1. The molecule has 0 N–H and O–H groups in total. The highest BCUT2D eigenvalue weighted by atomic mass is 32.1. The Hall–Kier alpha value is -0.760. The van der Waals surface area contributed by atoms with Crippen molar-refractivity contribution >= 4 is 17.7 Å². The van der Waals surface area contributed by atoms with E-state index in [2.05, 4.69) is 19.6 Å². The lowest BCUT2D eigenvalue weighted by Gasteiger charge is -2.05. The molecule has 0 heterocycles. The number of carbonyl (C=O) groups excluding carboxylic acids is 1. The van der Waals surface area contributed by atoms with E-state index in [1.807, 2.05) is 24.3 Å². The molecule has 0 atom stereocenters. The molecule has 0 aromatic heterocycles. The maximum atomic E-state index is 11.2. The summed E-state index contributed by atoms with van der Waals surface area (Å²) in [4.78, 5) is 11.2. The summed E-state index contributed by atoms with van der Waals surface area (Å²) in [7, 11) is 0. The molecule has 0 amide bonds. The minimum Gasteiger partial charge on any atom is -0.282 e. The molecule has 15 heavy (non-hydrogen) atoms. The van der Waals surface area contributed by atoms with Gasteiger partial charge in [0.2, 0.25) is 5.12 Å². The van der Waals surface area contributed by atoms with Crippen LogP contribution in [0.4, 0.5) is 0 Å². The first kappa shape index (κ1) is 12.3. The third kappa shape index (κ3) is 4.08. The van der Waals surface area contributed by atoms with Crippen LogP contribution < -0.4 is 0 Å². The fraction of sp³-hybridized carbons (Fsp3) is 0.462. The van der Waals surface area contributed by atoms with Crippen molar-refractivity contribution < 1.29 is 4.79 Å². The van der Waals surface area contributed by atoms with Gasteiger partial charge in [-0.05, 0) is 18.4 Å². The van der Waals surface area contributed by atoms with E-state index in [0.717, 1.165) is 24.0 Å². The van der Waals surface area contributed by atoms with Crippen molar-refractivity contribution in [1.29, 1.82) is 0 Å². The fourth-order valence-electron chi connectivity index (χ4n) is 1.69. The molecule has 1 aromatic rings. The van der Waals surface area contributed by atoms with Gasteiger partial charge in [0.25, 0.3) is 0 Å². The van der Waals surface area contributed by atoms with Crippen LogP contribution in [-0.4, -0.2) is 5.12 Å². The molecule has 0 fully saturated rings. The van der Waals surface area contributed by atoms with Crippen LogP contribution in [0.5, 0.6) is 0 Å². The zero-order chi connectivity index (χ0) is 11.1. The highest BCUT2D eigenvalue weighted by molar-refractivity contribution is 7.97. The predicted octanol–water partition coefficient (Wildman–Crippen LogP) is 3.88. The summed E-state index contributed by atoms with van der Waals surface area (Å²) in [6.07, 6.45) is 5.91. The normalized spacial score (nSPS) is 10.3. The number of hydrogen-bond acceptors (Lipinski definition) is 1. The Balaban J connectivity index is 2.56. The summed E-state index contributed by atoms with van der Waals surface area (Å²) in [5, 5.41) is -0.124. The van der Waals surface area contributed by atoms with Crippen molar-refractivity contribution in [3.8, 4) is 0 Å². The van der Waals surface area contributed by atoms with Crippen molar-refractivity contribution in [3.63, 3.8) is 0 Å². The van der Waals surface area contributed by atoms with E-state index in [9.17, 15) is 4.79 Å². The van der Waals surface area contributed by atoms with E-state index in [0.29, 0.717) is 0 Å². The Labute approximate surface area is 97.3 Å². The molecule has 1 rings (SSSR count). The van der Waals surface area contributed by atoms with E-state index in [-0.39, 0.29) is 5.12 Å². The summed E-state index contributed by atoms with van der Waals surface area (Å²) in [6.45, 7) is 2.20. The van der Waals surface area contributed by atoms with Gasteiger partial charge < -0.3 is 0 Å². The Morgan fingerprint density at radius 2 is 1.93 bits per heavy atom. The first-order chi connectivity index (χ1) is 7.25. The molecule has 82 valence electrons. The second-order valence-electron chi connectivity index (χ2n) is 3.77. The fourth-order valence-corrected chi connectivity index (χ4v) is 1.91. The molecule has 0 unspecified atom stereocenters. The Kier molecular flexibility index (Phi) is 5.48. The third-order valence-corrected chi connectivity index (χ3v) is 2.79. The predicted molar refractivity (Wildman–Crippen MR) is 67.6 cm³/mol. The van der Waals surface area contributed by atoms with Gasteiger partial charge >= 0.3 is 0 Å². The van der Waals surface area contributed by atoms with Crippen LogP contribution >= 0.6 is 12.6 Å². The first-order valence-corrected chi connectivity index (χ1v) is 6.01. The van der Waals surface area contributed by atoms with Crippen molar-refractivity contribution in [3.05, 3.63) is 35.4 Å². The largest absolute Gasteiger partial charge is 0.282 e. The highest BCUT2D eigenvalue weighted by Crippen LogP contribution is 2.14. The lowest BCUT2D eigenvalue weighted by atomic mass is 10.0. The van der Waals surface area contributed by atoms with Crippen LogP contribution in [-0.2, 0) is 6.42 Å². The summed E-state index contributed by atoms with van der Waals surface area (Å²) in [5.41, 5.74) is 1.89. The average molecular weight is 222 g/mol. The summed E-state index contributed by atoms with van der Waals surface area (Å²) >= 11 is 3.88. The van der Waals surface area contributed by atoms with Gasteiger partial charge in [0.05, 0.1) is 0 Å². The van der Waals surface area contributed by atoms with E-state index < -0.39 is 0 Å². The molecule has 1 nitrogen and oxygen atoms in total. The average Bonchev–Trinajstić information content (AvgIpc) is 2.25. The molecule has 2 heteroatoms. The number of hydrogen-bond donors (Lipinski definition) is 1. The summed E-state index contributed by atoms with van der Waals surface area (Å²) in [6, 6.07) is 7.74. The third-order valence-electron chi connectivity index (χ3n) is 2.55. The van der Waals surface area contributed by atoms with Crippen LogP contribution in [0, 0.1) is 0 Å². The molecule has 0 saturated heterocycles. The molecular weight excluding hydrogens is 204 g/mol. The monoisotopic (exact) mass is 222 g/mol. The quantitative estimate of drug-likeness (QED) is 0.571. The van der Waals surface area contributed by atoms with Gasteiger partial charge in [0.15, 0.2) is 0 Å². The van der Waals surface area contributed by atoms with Gasteiger partial charge in [0, 0.05) is 5.56 Å². The second kappa shape index (κ2) is 6.67. The van der Waals surface area contributed by atoms with Crippen molar-refractivity contribution in [2.24, 2.45) is 0 Å². The van der Waals surface area contributed by atoms with Gasteiger partial charge in [-0.25, -0.2) is 0 Å². The number of unbranched alkanes of at least 4 members (excludes halogenated alkanes) is 3. The van der Waals surface area contributed by atoms with Crippen LogP contribution in [0.3, 0.4) is 0 Å². The van der Waals surface area contributed by atoms with Gasteiger partial charge in [-0.15, -0.1) is 12.6 Å². The molecule has 1 aromatic carbocycles. The Bertz CT molecular complexity index is 320. The minimum atomic E-state index is -0.124. The van der Waals surface area contributed by atoms with Gasteiger partial charge in [-0.1, -0.05) is 50.5 Å². The van der Waals surface area contributed by atoms with Crippen LogP contribution in [0.25, 0.3) is 0 Å². The minimum absolute atomic E-state index is 0.124. The maximum Gasteiger partial charge on any atom is 0.216 e. The zero-order valence-electron chi connectivity index (χ0n) is 9.20. The molecule has 0 saturated carbocycles. The number of benzene rings is 1. The molecule has 0 spiro atoms. The standard InChI is InChI=1S/C13H18OS/c1-2-3-4-5-8-11-9-6-7-10-12(11)13(14)15/h6-7,9-10H,2-5,8H2,1H3,(H,14,15). The lowest BCUT2D eigenvalue weighted by Crippen LogP contribution is -1.97. The first-order valence-electron chi connectivity index (χ1n) is 5.57. The van der Waals surface area contributed by atoms with Crippen molar-refractivity contribution in [1.82, 2.24) is 0 Å². The van der Waals surface area contributed by atoms with E-state index in [1.165, 1.54) is 19.3 Å². The van der Waals surface area contributed by atoms with Crippen molar-refractivity contribution in [2.75, 3.05) is 0 Å². The highest BCUT2D eigenvalue weighted by Gasteiger charge is 2.05. The summed E-state index contributed by atoms with van der Waals surface area (Å²) in [5.74, 6) is 0. The molecule has 0 radical (unpaired) electrons. The van der Waals surface area contributed by atoms with Crippen LogP contribution in [0.15, 0.2) is 24.3 Å². The van der Waals surface area contributed by atoms with Crippen LogP contribution in [0.1, 0.15) is 48.5 Å². The molecule has 0 aliphatic heterocycles. The van der Waals surface area contributed by atoms with Crippen molar-refractivity contribution in [2.45, 2.75) is 39.0 Å². The molecule has 0 bridgehead atoms. The molecule has 0 aliphatic carbocycles. The number of aryl methyl sites for hydroxylation is 1. The second-order valence-corrected chi connectivity index (χ2v) is 4.18. The van der Waals surface area contributed by atoms with Gasteiger partial charge in [-0.2, -0.15) is 0 Å². The topological polar surface area (TPSA) is 17.1 Å². The number of thiol groups is 1. The Morgan fingerprint density at radius 1 is 1.20 bits per heavy atom.